The Morgan fingerprint density at radius 2 is 1.19 bits per heavy atom. The quantitative estimate of drug-likeness (QED) is 0.346. The number of benzene rings is 2. The van der Waals surface area contributed by atoms with Gasteiger partial charge in [0.2, 0.25) is 0 Å². The van der Waals surface area contributed by atoms with Crippen molar-refractivity contribution >= 4 is 10.2 Å². The predicted octanol–water partition coefficient (Wildman–Crippen LogP) is 7.08. The van der Waals surface area contributed by atoms with Gasteiger partial charge in [0, 0.05) is 15.8 Å². The monoisotopic (exact) mass is 448 g/mol. The van der Waals surface area contributed by atoms with Crippen molar-refractivity contribution in [3.05, 3.63) is 58.7 Å². The average molecular weight is 449 g/mol. The van der Waals surface area contributed by atoms with E-state index in [2.05, 4.69) is 0 Å². The summed E-state index contributed by atoms with van der Waals surface area (Å²) in [6, 6.07) is 6.17. The smallest absolute Gasteiger partial charge is 0.134 e. The van der Waals surface area contributed by atoms with E-state index in [9.17, 15) is 17.6 Å². The van der Waals surface area contributed by atoms with Gasteiger partial charge in [0.15, 0.2) is 0 Å². The Balaban J connectivity index is 1.46. The minimum absolute atomic E-state index is 0.101. The van der Waals surface area contributed by atoms with Crippen molar-refractivity contribution in [3.8, 4) is 11.1 Å². The molecule has 0 spiro atoms. The second kappa shape index (κ2) is 9.48. The Bertz CT molecular complexity index is 879. The Morgan fingerprint density at radius 1 is 0.710 bits per heavy atom. The zero-order valence-electron chi connectivity index (χ0n) is 18.5. The van der Waals surface area contributed by atoms with Crippen LogP contribution in [0.1, 0.15) is 68.4 Å². The maximum atomic E-state index is 14.9. The van der Waals surface area contributed by atoms with Crippen LogP contribution in [0.5, 0.6) is 0 Å². The normalized spacial score (nSPS) is 26.9. The Labute approximate surface area is 185 Å². The lowest BCUT2D eigenvalue weighted by Gasteiger charge is -2.38. The summed E-state index contributed by atoms with van der Waals surface area (Å²) in [4.78, 5) is 0. The molecule has 31 heavy (non-hydrogen) atoms. The highest BCUT2D eigenvalue weighted by atomic mass is 28.1. The van der Waals surface area contributed by atoms with E-state index in [0.717, 1.165) is 55.6 Å². The average Bonchev–Trinajstić information content (AvgIpc) is 2.77. The summed E-state index contributed by atoms with van der Waals surface area (Å²) in [5, 5.41) is 0. The summed E-state index contributed by atoms with van der Waals surface area (Å²) < 4.78 is 57.6. The van der Waals surface area contributed by atoms with Crippen molar-refractivity contribution in [1.82, 2.24) is 0 Å². The predicted molar refractivity (Wildman–Crippen MR) is 121 cm³/mol. The summed E-state index contributed by atoms with van der Waals surface area (Å²) in [7, 11) is 1.31. The summed E-state index contributed by atoms with van der Waals surface area (Å²) in [6.45, 7) is 1.30. The Hall–Kier alpha value is -1.62. The second-order valence-corrected chi connectivity index (χ2v) is 10.5. The molecule has 2 aromatic carbocycles. The second-order valence-electron chi connectivity index (χ2n) is 9.73. The van der Waals surface area contributed by atoms with Gasteiger partial charge in [-0.1, -0.05) is 18.9 Å². The van der Waals surface area contributed by atoms with Gasteiger partial charge in [-0.15, -0.1) is 0 Å². The highest BCUT2D eigenvalue weighted by Crippen LogP contribution is 2.45. The maximum absolute atomic E-state index is 14.9. The standard InChI is InChI=1S/C26H32F4Si/c1-15-22(27)12-21(13-23(15)28)26-24(29)10-20(11-25(26)30)19-8-6-18(7-9-19)17-4-2-16(14-31)3-5-17/h10-13,16-19H,2-9,14H2,1,31H3. The lowest BCUT2D eigenvalue weighted by atomic mass is 9.68. The van der Waals surface area contributed by atoms with Gasteiger partial charge < -0.3 is 0 Å². The van der Waals surface area contributed by atoms with Gasteiger partial charge in [-0.25, -0.2) is 17.6 Å². The molecule has 168 valence electrons. The van der Waals surface area contributed by atoms with E-state index in [4.69, 9.17) is 0 Å². The lowest BCUT2D eigenvalue weighted by molar-refractivity contribution is 0.165. The van der Waals surface area contributed by atoms with Crippen LogP contribution in [0.15, 0.2) is 24.3 Å². The van der Waals surface area contributed by atoms with Gasteiger partial charge in [-0.05, 0) is 105 Å². The zero-order valence-corrected chi connectivity index (χ0v) is 20.5. The highest BCUT2D eigenvalue weighted by Gasteiger charge is 2.31. The molecule has 0 N–H and O–H groups in total. The van der Waals surface area contributed by atoms with Crippen LogP contribution in [0.25, 0.3) is 11.1 Å². The van der Waals surface area contributed by atoms with Crippen molar-refractivity contribution in [3.63, 3.8) is 0 Å². The molecule has 0 aliphatic heterocycles. The molecule has 0 amide bonds. The third-order valence-electron chi connectivity index (χ3n) is 8.01. The van der Waals surface area contributed by atoms with Gasteiger partial charge in [0.1, 0.15) is 23.3 Å². The molecule has 5 heteroatoms. The topological polar surface area (TPSA) is 0 Å². The molecule has 0 atom stereocenters. The number of halogens is 4. The lowest BCUT2D eigenvalue weighted by Crippen LogP contribution is -2.25. The summed E-state index contributed by atoms with van der Waals surface area (Å²) in [5.74, 6) is -0.413. The third kappa shape index (κ3) is 4.76. The van der Waals surface area contributed by atoms with Gasteiger partial charge in [-0.3, -0.25) is 0 Å². The van der Waals surface area contributed by atoms with Crippen LogP contribution in [-0.4, -0.2) is 10.2 Å². The molecule has 0 unspecified atom stereocenters. The molecular formula is C26H32F4Si. The van der Waals surface area contributed by atoms with Crippen LogP contribution < -0.4 is 0 Å². The number of hydrogen-bond donors (Lipinski definition) is 0. The Kier molecular flexibility index (Phi) is 6.90. The van der Waals surface area contributed by atoms with Crippen molar-refractivity contribution in [2.24, 2.45) is 17.8 Å². The van der Waals surface area contributed by atoms with E-state index in [1.165, 1.54) is 61.0 Å². The molecule has 4 rings (SSSR count). The number of hydrogen-bond acceptors (Lipinski definition) is 0. The van der Waals surface area contributed by atoms with Gasteiger partial charge in [0.05, 0.1) is 5.56 Å². The molecular weight excluding hydrogens is 416 g/mol. The molecule has 0 nitrogen and oxygen atoms in total. The first-order chi connectivity index (χ1) is 14.9. The zero-order chi connectivity index (χ0) is 22.1. The van der Waals surface area contributed by atoms with Crippen molar-refractivity contribution in [1.29, 1.82) is 0 Å². The van der Waals surface area contributed by atoms with Gasteiger partial charge in [0.25, 0.3) is 0 Å². The van der Waals surface area contributed by atoms with E-state index in [1.54, 1.807) is 0 Å². The molecule has 0 radical (unpaired) electrons. The van der Waals surface area contributed by atoms with Crippen LogP contribution >= 0.6 is 0 Å². The van der Waals surface area contributed by atoms with Crippen LogP contribution in [0, 0.1) is 47.9 Å². The first kappa shape index (κ1) is 22.6. The molecule has 0 aromatic heterocycles. The van der Waals surface area contributed by atoms with Crippen molar-refractivity contribution in [2.45, 2.75) is 70.3 Å². The van der Waals surface area contributed by atoms with Crippen LogP contribution in [-0.2, 0) is 0 Å². The first-order valence-corrected chi connectivity index (χ1v) is 13.2. The fraction of sp³-hybridized carbons (Fsp3) is 0.538. The third-order valence-corrected chi connectivity index (χ3v) is 9.17. The van der Waals surface area contributed by atoms with Crippen LogP contribution in [0.2, 0.25) is 6.04 Å². The molecule has 0 bridgehead atoms. The minimum Gasteiger partial charge on any atom is -0.207 e. The van der Waals surface area contributed by atoms with Gasteiger partial charge >= 0.3 is 0 Å². The van der Waals surface area contributed by atoms with E-state index in [-0.39, 0.29) is 22.6 Å². The van der Waals surface area contributed by atoms with E-state index in [0.29, 0.717) is 5.56 Å². The number of rotatable bonds is 4. The van der Waals surface area contributed by atoms with Crippen LogP contribution in [0.4, 0.5) is 17.6 Å². The van der Waals surface area contributed by atoms with Crippen molar-refractivity contribution in [2.75, 3.05) is 0 Å². The molecule has 2 aliphatic rings. The molecule has 2 aliphatic carbocycles. The van der Waals surface area contributed by atoms with Crippen LogP contribution in [0.3, 0.4) is 0 Å². The fourth-order valence-electron chi connectivity index (χ4n) is 5.89. The molecule has 2 saturated carbocycles. The molecule has 0 saturated heterocycles. The van der Waals surface area contributed by atoms with Gasteiger partial charge in [-0.2, -0.15) is 0 Å². The molecule has 0 heterocycles. The molecule has 2 aromatic rings. The fourth-order valence-corrected chi connectivity index (χ4v) is 6.70. The van der Waals surface area contributed by atoms with E-state index >= 15 is 0 Å². The summed E-state index contributed by atoms with van der Waals surface area (Å²) >= 11 is 0. The van der Waals surface area contributed by atoms with E-state index < -0.39 is 23.3 Å². The first-order valence-electron chi connectivity index (χ1n) is 11.8. The molecule has 2 fully saturated rings. The summed E-state index contributed by atoms with van der Waals surface area (Å²) in [5.41, 5.74) is 0.0649. The minimum atomic E-state index is -0.800. The van der Waals surface area contributed by atoms with E-state index in [1.807, 2.05) is 0 Å². The Morgan fingerprint density at radius 3 is 1.68 bits per heavy atom. The largest absolute Gasteiger partial charge is 0.207 e. The highest BCUT2D eigenvalue weighted by molar-refractivity contribution is 6.08. The summed E-state index contributed by atoms with van der Waals surface area (Å²) in [6.07, 6.45) is 9.63. The SMILES string of the molecule is Cc1c(F)cc(-c2c(F)cc(C3CCC(C4CCC(C[SiH3])CC4)CC3)cc2F)cc1F. The maximum Gasteiger partial charge on any atom is 0.134 e. The van der Waals surface area contributed by atoms with Crippen molar-refractivity contribution < 1.29 is 17.6 Å².